The molecule has 0 radical (unpaired) electrons. The fourth-order valence-corrected chi connectivity index (χ4v) is 1.48. The summed E-state index contributed by atoms with van der Waals surface area (Å²) < 4.78 is 1.39. The third kappa shape index (κ3) is 1.38. The fourth-order valence-electron chi connectivity index (χ4n) is 1.48. The number of rotatable bonds is 2. The highest BCUT2D eigenvalue weighted by molar-refractivity contribution is 5.88. The van der Waals surface area contributed by atoms with Crippen molar-refractivity contribution in [1.82, 2.24) is 9.38 Å². The number of nitrogens with zero attached hydrogens (tertiary/aromatic N) is 3. The number of pyridine rings is 1. The van der Waals surface area contributed by atoms with Crippen LogP contribution >= 0.6 is 0 Å². The normalized spacial score (nSPS) is 10.6. The molecule has 0 spiro atoms. The van der Waals surface area contributed by atoms with Crippen LogP contribution in [-0.2, 0) is 0 Å². The van der Waals surface area contributed by atoms with Crippen molar-refractivity contribution < 1.29 is 14.8 Å². The van der Waals surface area contributed by atoms with E-state index in [1.165, 1.54) is 22.7 Å². The molecular weight excluding hydrogens is 214 g/mol. The molecule has 0 aliphatic heterocycles. The van der Waals surface area contributed by atoms with Crippen molar-refractivity contribution in [3.8, 4) is 0 Å². The maximum atomic E-state index is 10.7. The van der Waals surface area contributed by atoms with E-state index in [1.54, 1.807) is 6.92 Å². The third-order valence-electron chi connectivity index (χ3n) is 2.21. The predicted octanol–water partition coefficient (Wildman–Crippen LogP) is 1.25. The summed E-state index contributed by atoms with van der Waals surface area (Å²) in [6.45, 7) is 1.58. The number of nitro groups is 1. The Morgan fingerprint density at radius 3 is 2.81 bits per heavy atom. The Balaban J connectivity index is 2.76. The molecule has 2 rings (SSSR count). The molecule has 82 valence electrons. The molecule has 1 N–H and O–H groups in total. The van der Waals surface area contributed by atoms with Gasteiger partial charge in [-0.05, 0) is 22.0 Å². The molecule has 0 aromatic carbocycles. The highest BCUT2D eigenvalue weighted by Crippen LogP contribution is 2.20. The van der Waals surface area contributed by atoms with Gasteiger partial charge in [-0.2, -0.15) is 0 Å². The van der Waals surface area contributed by atoms with Gasteiger partial charge in [0.25, 0.3) is 0 Å². The Labute approximate surface area is 89.1 Å². The predicted molar refractivity (Wildman–Crippen MR) is 53.5 cm³/mol. The Bertz CT molecular complexity index is 602. The van der Waals surface area contributed by atoms with Gasteiger partial charge in [0.2, 0.25) is 5.82 Å². The third-order valence-corrected chi connectivity index (χ3v) is 2.21. The lowest BCUT2D eigenvalue weighted by molar-refractivity contribution is -0.387. The van der Waals surface area contributed by atoms with Crippen molar-refractivity contribution in [2.45, 2.75) is 6.92 Å². The van der Waals surface area contributed by atoms with E-state index in [4.69, 9.17) is 5.11 Å². The van der Waals surface area contributed by atoms with Crippen LogP contribution in [0.1, 0.15) is 16.2 Å². The SMILES string of the molecule is Cc1nc([N+](=O)[O-])c2ccc(C(=O)O)cn12. The first kappa shape index (κ1) is 10.1. The van der Waals surface area contributed by atoms with Crippen molar-refractivity contribution in [2.24, 2.45) is 0 Å². The quantitative estimate of drug-likeness (QED) is 0.607. The van der Waals surface area contributed by atoms with Crippen molar-refractivity contribution in [1.29, 1.82) is 0 Å². The van der Waals surface area contributed by atoms with Gasteiger partial charge in [0.05, 0.1) is 5.56 Å². The van der Waals surface area contributed by atoms with E-state index < -0.39 is 10.9 Å². The van der Waals surface area contributed by atoms with Crippen molar-refractivity contribution >= 4 is 17.3 Å². The monoisotopic (exact) mass is 221 g/mol. The number of hydrogen-bond donors (Lipinski definition) is 1. The van der Waals surface area contributed by atoms with Gasteiger partial charge < -0.3 is 15.2 Å². The van der Waals surface area contributed by atoms with Crippen LogP contribution < -0.4 is 0 Å². The molecule has 0 fully saturated rings. The van der Waals surface area contributed by atoms with Gasteiger partial charge in [-0.25, -0.2) is 4.79 Å². The van der Waals surface area contributed by atoms with Crippen LogP contribution in [0, 0.1) is 17.0 Å². The first-order chi connectivity index (χ1) is 7.50. The van der Waals surface area contributed by atoms with E-state index >= 15 is 0 Å². The largest absolute Gasteiger partial charge is 0.478 e. The average Bonchev–Trinajstić information content (AvgIpc) is 2.56. The number of aromatic carboxylic acids is 1. The Kier molecular flexibility index (Phi) is 2.08. The molecule has 2 aromatic heterocycles. The van der Waals surface area contributed by atoms with Gasteiger partial charge in [-0.3, -0.25) is 4.40 Å². The zero-order valence-corrected chi connectivity index (χ0v) is 8.25. The number of aryl methyl sites for hydroxylation is 1. The van der Waals surface area contributed by atoms with E-state index in [0.717, 1.165) is 0 Å². The molecular formula is C9H7N3O4. The van der Waals surface area contributed by atoms with E-state index in [0.29, 0.717) is 5.82 Å². The molecule has 7 nitrogen and oxygen atoms in total. The van der Waals surface area contributed by atoms with Gasteiger partial charge in [-0.1, -0.05) is 0 Å². The molecule has 7 heteroatoms. The van der Waals surface area contributed by atoms with Crippen molar-refractivity contribution in [3.05, 3.63) is 39.8 Å². The summed E-state index contributed by atoms with van der Waals surface area (Å²) in [6.07, 6.45) is 1.31. The number of carboxylic acids is 1. The lowest BCUT2D eigenvalue weighted by Gasteiger charge is -1.96. The second kappa shape index (κ2) is 3.30. The van der Waals surface area contributed by atoms with Crippen LogP contribution in [0.5, 0.6) is 0 Å². The number of imidazole rings is 1. The van der Waals surface area contributed by atoms with Crippen LogP contribution in [0.4, 0.5) is 5.82 Å². The lowest BCUT2D eigenvalue weighted by atomic mass is 10.2. The summed E-state index contributed by atoms with van der Waals surface area (Å²) >= 11 is 0. The van der Waals surface area contributed by atoms with Crippen LogP contribution in [0.3, 0.4) is 0 Å². The zero-order valence-electron chi connectivity index (χ0n) is 8.25. The maximum absolute atomic E-state index is 10.7. The molecule has 16 heavy (non-hydrogen) atoms. The number of fused-ring (bicyclic) bond motifs is 1. The van der Waals surface area contributed by atoms with Gasteiger partial charge in [-0.15, -0.1) is 0 Å². The first-order valence-electron chi connectivity index (χ1n) is 4.37. The second-order valence-corrected chi connectivity index (χ2v) is 3.22. The minimum Gasteiger partial charge on any atom is -0.478 e. The smallest absolute Gasteiger partial charge is 0.389 e. The molecule has 2 aromatic rings. The van der Waals surface area contributed by atoms with E-state index in [2.05, 4.69) is 4.98 Å². The van der Waals surface area contributed by atoms with Crippen LogP contribution in [0.15, 0.2) is 18.3 Å². The molecule has 0 saturated carbocycles. The molecule has 0 amide bonds. The van der Waals surface area contributed by atoms with Crippen molar-refractivity contribution in [3.63, 3.8) is 0 Å². The van der Waals surface area contributed by atoms with Gasteiger partial charge >= 0.3 is 11.8 Å². The average molecular weight is 221 g/mol. The molecule has 0 saturated heterocycles. The molecule has 0 bridgehead atoms. The zero-order chi connectivity index (χ0) is 11.9. The van der Waals surface area contributed by atoms with Gasteiger partial charge in [0.1, 0.15) is 5.52 Å². The molecule has 2 heterocycles. The number of carbonyl (C=O) groups is 1. The van der Waals surface area contributed by atoms with E-state index in [9.17, 15) is 14.9 Å². The lowest BCUT2D eigenvalue weighted by Crippen LogP contribution is -1.99. The highest BCUT2D eigenvalue weighted by Gasteiger charge is 2.20. The van der Waals surface area contributed by atoms with Crippen LogP contribution in [-0.4, -0.2) is 25.4 Å². The maximum Gasteiger partial charge on any atom is 0.389 e. The van der Waals surface area contributed by atoms with Gasteiger partial charge in [0, 0.05) is 13.1 Å². The minimum atomic E-state index is -1.09. The van der Waals surface area contributed by atoms with E-state index in [1.807, 2.05) is 0 Å². The van der Waals surface area contributed by atoms with Gasteiger partial charge in [0.15, 0.2) is 0 Å². The summed E-state index contributed by atoms with van der Waals surface area (Å²) in [5, 5.41) is 19.4. The van der Waals surface area contributed by atoms with Crippen LogP contribution in [0.2, 0.25) is 0 Å². The molecule has 0 unspecified atom stereocenters. The van der Waals surface area contributed by atoms with E-state index in [-0.39, 0.29) is 16.9 Å². The number of carboxylic acid groups (broad SMARTS) is 1. The summed E-state index contributed by atoms with van der Waals surface area (Å²) in [6, 6.07) is 2.69. The Morgan fingerprint density at radius 2 is 2.25 bits per heavy atom. The minimum absolute atomic E-state index is 0.0582. The summed E-state index contributed by atoms with van der Waals surface area (Å²) in [5.74, 6) is -0.975. The Hall–Kier alpha value is -2.44. The molecule has 0 aliphatic carbocycles. The topological polar surface area (TPSA) is 97.7 Å². The van der Waals surface area contributed by atoms with Crippen molar-refractivity contribution in [2.75, 3.05) is 0 Å². The number of aromatic nitrogens is 2. The summed E-state index contributed by atoms with van der Waals surface area (Å²) in [5.41, 5.74) is 0.343. The molecule has 0 aliphatic rings. The second-order valence-electron chi connectivity index (χ2n) is 3.22. The highest BCUT2D eigenvalue weighted by atomic mass is 16.6. The summed E-state index contributed by atoms with van der Waals surface area (Å²) in [7, 11) is 0. The molecule has 0 atom stereocenters. The summed E-state index contributed by atoms with van der Waals surface area (Å²) in [4.78, 5) is 24.6. The van der Waals surface area contributed by atoms with Crippen LogP contribution in [0.25, 0.3) is 5.52 Å². The number of hydrogen-bond acceptors (Lipinski definition) is 4. The first-order valence-corrected chi connectivity index (χ1v) is 4.37. The standard InChI is InChI=1S/C9H7N3O4/c1-5-10-8(12(15)16)7-3-2-6(9(13)14)4-11(5)7/h2-4H,1H3,(H,13,14). The Morgan fingerprint density at radius 1 is 1.56 bits per heavy atom. The fraction of sp³-hybridized carbons (Fsp3) is 0.111.